The number of benzene rings is 1. The zero-order valence-corrected chi connectivity index (χ0v) is 15.6. The molecule has 0 saturated carbocycles. The van der Waals surface area contributed by atoms with Crippen LogP contribution >= 0.6 is 0 Å². The van der Waals surface area contributed by atoms with Gasteiger partial charge in [-0.05, 0) is 30.4 Å². The van der Waals surface area contributed by atoms with Gasteiger partial charge in [-0.3, -0.25) is 14.4 Å². The van der Waals surface area contributed by atoms with Crippen LogP contribution in [0, 0.1) is 5.92 Å². The minimum Gasteiger partial charge on any atom is -0.481 e. The first-order valence-electron chi connectivity index (χ1n) is 9.39. The lowest BCUT2D eigenvalue weighted by Crippen LogP contribution is -2.47. The van der Waals surface area contributed by atoms with E-state index in [1.165, 1.54) is 10.5 Å². The number of amides is 2. The minimum atomic E-state index is -0.870. The fraction of sp³-hybridized carbons (Fsp3) is 0.550. The average Bonchev–Trinajstić information content (AvgIpc) is 2.68. The smallest absolute Gasteiger partial charge is 0.308 e. The van der Waals surface area contributed by atoms with Crippen LogP contribution in [-0.2, 0) is 25.5 Å². The van der Waals surface area contributed by atoms with Gasteiger partial charge in [0.2, 0.25) is 11.8 Å². The second kappa shape index (κ2) is 8.52. The quantitative estimate of drug-likeness (QED) is 0.843. The lowest BCUT2D eigenvalue weighted by atomic mass is 9.95. The van der Waals surface area contributed by atoms with E-state index in [4.69, 9.17) is 9.84 Å². The molecule has 1 fully saturated rings. The van der Waals surface area contributed by atoms with Gasteiger partial charge in [0.25, 0.3) is 0 Å². The monoisotopic (exact) mass is 374 g/mol. The molecule has 2 heterocycles. The summed E-state index contributed by atoms with van der Waals surface area (Å²) in [4.78, 5) is 39.2. The van der Waals surface area contributed by atoms with Crippen molar-refractivity contribution in [2.45, 2.75) is 31.8 Å². The molecule has 2 amide bonds. The van der Waals surface area contributed by atoms with E-state index in [1.54, 1.807) is 11.9 Å². The van der Waals surface area contributed by atoms with Crippen LogP contribution in [0.4, 0.5) is 0 Å². The van der Waals surface area contributed by atoms with Crippen molar-refractivity contribution in [2.75, 3.05) is 33.3 Å². The number of carboxylic acids is 1. The van der Waals surface area contributed by atoms with Gasteiger partial charge < -0.3 is 19.6 Å². The van der Waals surface area contributed by atoms with Gasteiger partial charge in [0.15, 0.2) is 0 Å². The second-order valence-corrected chi connectivity index (χ2v) is 7.28. The molecule has 1 aromatic rings. The molecule has 0 spiro atoms. The molecule has 7 heteroatoms. The van der Waals surface area contributed by atoms with Crippen LogP contribution in [0.25, 0.3) is 0 Å². The molecule has 2 unspecified atom stereocenters. The van der Waals surface area contributed by atoms with E-state index in [0.29, 0.717) is 26.0 Å². The first kappa shape index (κ1) is 19.4. The van der Waals surface area contributed by atoms with Crippen molar-refractivity contribution in [1.82, 2.24) is 9.80 Å². The van der Waals surface area contributed by atoms with Gasteiger partial charge in [-0.1, -0.05) is 24.3 Å². The molecule has 0 aromatic heterocycles. The second-order valence-electron chi connectivity index (χ2n) is 7.28. The SMILES string of the molecule is CN(CC(=O)N1CCCC(C(=O)O)C1)C(=O)CC1OCCc2ccccc21. The highest BCUT2D eigenvalue weighted by atomic mass is 16.5. The number of rotatable bonds is 5. The molecule has 0 radical (unpaired) electrons. The van der Waals surface area contributed by atoms with Crippen molar-refractivity contribution < 1.29 is 24.2 Å². The fourth-order valence-electron chi connectivity index (χ4n) is 3.76. The Hall–Kier alpha value is -2.41. The predicted octanol–water partition coefficient (Wildman–Crippen LogP) is 1.47. The third kappa shape index (κ3) is 4.66. The molecule has 0 aliphatic carbocycles. The number of carbonyl (C=O) groups is 3. The van der Waals surface area contributed by atoms with Gasteiger partial charge in [-0.15, -0.1) is 0 Å². The Kier molecular flexibility index (Phi) is 6.11. The third-order valence-electron chi connectivity index (χ3n) is 5.37. The lowest BCUT2D eigenvalue weighted by Gasteiger charge is -2.32. The normalized spacial score (nSPS) is 22.0. The number of aliphatic carboxylic acids is 1. The Morgan fingerprint density at radius 2 is 2.07 bits per heavy atom. The first-order valence-corrected chi connectivity index (χ1v) is 9.39. The summed E-state index contributed by atoms with van der Waals surface area (Å²) in [5.41, 5.74) is 2.24. The maximum Gasteiger partial charge on any atom is 0.308 e. The summed E-state index contributed by atoms with van der Waals surface area (Å²) in [6.45, 7) is 1.31. The molecule has 1 saturated heterocycles. The molecule has 2 aliphatic rings. The number of likely N-dealkylation sites (tertiary alicyclic amines) is 1. The molecule has 0 bridgehead atoms. The molecule has 3 rings (SSSR count). The summed E-state index contributed by atoms with van der Waals surface area (Å²) >= 11 is 0. The van der Waals surface area contributed by atoms with Crippen LogP contribution < -0.4 is 0 Å². The zero-order chi connectivity index (χ0) is 19.4. The van der Waals surface area contributed by atoms with Crippen LogP contribution in [0.2, 0.25) is 0 Å². The standard InChI is InChI=1S/C20H26N2O5/c1-21(13-19(24)22-9-4-6-15(12-22)20(25)26)18(23)11-17-16-7-3-2-5-14(16)8-10-27-17/h2-3,5,7,15,17H,4,6,8-13H2,1H3,(H,25,26). The number of fused-ring (bicyclic) bond motifs is 1. The number of carboxylic acid groups (broad SMARTS) is 1. The number of nitrogens with zero attached hydrogens (tertiary/aromatic N) is 2. The Morgan fingerprint density at radius 1 is 1.30 bits per heavy atom. The summed E-state index contributed by atoms with van der Waals surface area (Å²) in [7, 11) is 1.60. The highest BCUT2D eigenvalue weighted by molar-refractivity contribution is 5.85. The van der Waals surface area contributed by atoms with E-state index < -0.39 is 11.9 Å². The summed E-state index contributed by atoms with van der Waals surface area (Å²) in [6.07, 6.45) is 2.01. The van der Waals surface area contributed by atoms with Crippen LogP contribution in [0.5, 0.6) is 0 Å². The number of hydrogen-bond donors (Lipinski definition) is 1. The lowest BCUT2D eigenvalue weighted by molar-refractivity contribution is -0.147. The Labute approximate surface area is 158 Å². The maximum atomic E-state index is 12.6. The molecule has 27 heavy (non-hydrogen) atoms. The topological polar surface area (TPSA) is 87.2 Å². The van der Waals surface area contributed by atoms with Crippen LogP contribution in [0.1, 0.15) is 36.5 Å². The molecule has 2 atom stereocenters. The summed E-state index contributed by atoms with van der Waals surface area (Å²) in [5.74, 6) is -1.75. The predicted molar refractivity (Wildman–Crippen MR) is 98.0 cm³/mol. The Bertz CT molecular complexity index is 720. The number of hydrogen-bond acceptors (Lipinski definition) is 4. The van der Waals surface area contributed by atoms with E-state index in [1.807, 2.05) is 18.2 Å². The van der Waals surface area contributed by atoms with Gasteiger partial charge in [0, 0.05) is 20.1 Å². The van der Waals surface area contributed by atoms with Crippen LogP contribution in [0.15, 0.2) is 24.3 Å². The summed E-state index contributed by atoms with van der Waals surface area (Å²) in [5, 5.41) is 9.15. The van der Waals surface area contributed by atoms with Crippen molar-refractivity contribution in [3.05, 3.63) is 35.4 Å². The van der Waals surface area contributed by atoms with Crippen molar-refractivity contribution in [2.24, 2.45) is 5.92 Å². The summed E-state index contributed by atoms with van der Waals surface area (Å²) in [6, 6.07) is 7.96. The van der Waals surface area contributed by atoms with Crippen molar-refractivity contribution in [1.29, 1.82) is 0 Å². The number of likely N-dealkylation sites (N-methyl/N-ethyl adjacent to an activating group) is 1. The van der Waals surface area contributed by atoms with E-state index in [-0.39, 0.29) is 37.4 Å². The molecule has 1 aromatic carbocycles. The minimum absolute atomic E-state index is 0.0421. The summed E-state index contributed by atoms with van der Waals surface area (Å²) < 4.78 is 5.78. The molecule has 2 aliphatic heterocycles. The van der Waals surface area contributed by atoms with Crippen molar-refractivity contribution >= 4 is 17.8 Å². The van der Waals surface area contributed by atoms with Gasteiger partial charge >= 0.3 is 5.97 Å². The van der Waals surface area contributed by atoms with Crippen LogP contribution in [0.3, 0.4) is 0 Å². The number of ether oxygens (including phenoxy) is 1. The van der Waals surface area contributed by atoms with Crippen molar-refractivity contribution in [3.63, 3.8) is 0 Å². The Balaban J connectivity index is 1.55. The molecule has 146 valence electrons. The van der Waals surface area contributed by atoms with E-state index in [2.05, 4.69) is 6.07 Å². The van der Waals surface area contributed by atoms with Gasteiger partial charge in [-0.2, -0.15) is 0 Å². The van der Waals surface area contributed by atoms with Crippen LogP contribution in [-0.4, -0.2) is 66.0 Å². The van der Waals surface area contributed by atoms with Gasteiger partial charge in [0.05, 0.1) is 31.6 Å². The molecule has 1 N–H and O–H groups in total. The number of piperidine rings is 1. The van der Waals surface area contributed by atoms with Gasteiger partial charge in [-0.25, -0.2) is 0 Å². The van der Waals surface area contributed by atoms with Gasteiger partial charge in [0.1, 0.15) is 0 Å². The highest BCUT2D eigenvalue weighted by Gasteiger charge is 2.30. The molecule has 7 nitrogen and oxygen atoms in total. The van der Waals surface area contributed by atoms with Crippen molar-refractivity contribution in [3.8, 4) is 0 Å². The molecular weight excluding hydrogens is 348 g/mol. The first-order chi connectivity index (χ1) is 13.0. The van der Waals surface area contributed by atoms with E-state index >= 15 is 0 Å². The Morgan fingerprint density at radius 3 is 2.85 bits per heavy atom. The van der Waals surface area contributed by atoms with E-state index in [0.717, 1.165) is 12.0 Å². The largest absolute Gasteiger partial charge is 0.481 e. The average molecular weight is 374 g/mol. The third-order valence-corrected chi connectivity index (χ3v) is 5.37. The van der Waals surface area contributed by atoms with E-state index in [9.17, 15) is 14.4 Å². The maximum absolute atomic E-state index is 12.6. The highest BCUT2D eigenvalue weighted by Crippen LogP contribution is 2.29. The molecular formula is C20H26N2O5. The fourth-order valence-corrected chi connectivity index (χ4v) is 3.76. The zero-order valence-electron chi connectivity index (χ0n) is 15.6. The number of carbonyl (C=O) groups excluding carboxylic acids is 2.